The van der Waals surface area contributed by atoms with Gasteiger partial charge >= 0.3 is 5.97 Å². The van der Waals surface area contributed by atoms with Crippen LogP contribution in [-0.2, 0) is 53.3 Å². The van der Waals surface area contributed by atoms with Gasteiger partial charge in [0.1, 0.15) is 18.1 Å². The molecule has 0 spiro atoms. The minimum atomic E-state index is -1.05. The summed E-state index contributed by atoms with van der Waals surface area (Å²) < 4.78 is 14.1. The number of nitrogens with zero attached hydrogens (tertiary/aromatic N) is 5. The van der Waals surface area contributed by atoms with Crippen LogP contribution < -0.4 is 10.7 Å². The largest absolute Gasteiger partial charge is 0.464 e. The van der Waals surface area contributed by atoms with Crippen LogP contribution in [0.25, 0.3) is 33.3 Å². The molecule has 4 amide bonds. The molecule has 14 nitrogen and oxygen atoms in total. The Labute approximate surface area is 382 Å². The Balaban J connectivity index is 1.27. The zero-order valence-corrected chi connectivity index (χ0v) is 39.2. The number of fused-ring (bicyclic) bond motifs is 6. The summed E-state index contributed by atoms with van der Waals surface area (Å²) in [6.45, 7) is 12.6. The highest BCUT2D eigenvalue weighted by molar-refractivity contribution is 5.97. The van der Waals surface area contributed by atoms with E-state index < -0.39 is 47.2 Å². The van der Waals surface area contributed by atoms with Gasteiger partial charge in [-0.25, -0.2) is 5.43 Å². The highest BCUT2D eigenvalue weighted by Gasteiger charge is 2.40. The molecule has 4 aromatic rings. The number of methoxy groups -OCH3 is 1. The second kappa shape index (κ2) is 19.6. The van der Waals surface area contributed by atoms with E-state index in [1.807, 2.05) is 45.0 Å². The minimum Gasteiger partial charge on any atom is -0.464 e. The molecule has 3 aliphatic rings. The molecular weight excluding hydrogens is 823 g/mol. The van der Waals surface area contributed by atoms with Crippen molar-refractivity contribution in [3.8, 4) is 34.2 Å². The van der Waals surface area contributed by atoms with Crippen molar-refractivity contribution in [3.63, 3.8) is 0 Å². The molecule has 2 N–H and O–H groups in total. The maximum absolute atomic E-state index is 14.7. The number of rotatable bonds is 8. The van der Waals surface area contributed by atoms with Crippen LogP contribution in [0.15, 0.2) is 60.8 Å². The van der Waals surface area contributed by atoms with Crippen LogP contribution >= 0.6 is 0 Å². The molecule has 0 saturated carbocycles. The van der Waals surface area contributed by atoms with E-state index >= 15 is 0 Å². The lowest BCUT2D eigenvalue weighted by Crippen LogP contribution is -2.62. The lowest BCUT2D eigenvalue weighted by atomic mass is 9.84. The Morgan fingerprint density at radius 1 is 1.03 bits per heavy atom. The van der Waals surface area contributed by atoms with Crippen LogP contribution in [0.1, 0.15) is 83.7 Å². The van der Waals surface area contributed by atoms with Crippen molar-refractivity contribution in [1.82, 2.24) is 35.1 Å². The van der Waals surface area contributed by atoms with E-state index in [0.717, 1.165) is 50.1 Å². The summed E-state index contributed by atoms with van der Waals surface area (Å²) in [4.78, 5) is 77.3. The van der Waals surface area contributed by atoms with E-state index in [9.17, 15) is 24.0 Å². The highest BCUT2D eigenvalue weighted by Crippen LogP contribution is 2.41. The Morgan fingerprint density at radius 2 is 1.80 bits per heavy atom. The maximum atomic E-state index is 14.7. The number of pyridine rings is 1. The summed E-state index contributed by atoms with van der Waals surface area (Å²) in [5.41, 5.74) is 10.3. The average molecular weight is 886 g/mol. The van der Waals surface area contributed by atoms with E-state index in [1.54, 1.807) is 32.2 Å². The molecule has 0 aliphatic carbocycles. The summed E-state index contributed by atoms with van der Waals surface area (Å²) in [5, 5.41) is 5.55. The van der Waals surface area contributed by atoms with Crippen LogP contribution in [-0.4, -0.2) is 112 Å². The third kappa shape index (κ3) is 9.96. The predicted molar refractivity (Wildman–Crippen MR) is 248 cm³/mol. The number of carbonyl (C=O) groups excluding carboxylic acids is 5. The molecule has 7 rings (SSSR count). The van der Waals surface area contributed by atoms with Crippen molar-refractivity contribution in [2.75, 3.05) is 40.4 Å². The molecule has 1 unspecified atom stereocenters. The fourth-order valence-electron chi connectivity index (χ4n) is 9.73. The smallest absolute Gasteiger partial charge is 0.324 e. The molecule has 2 aromatic carbocycles. The van der Waals surface area contributed by atoms with Gasteiger partial charge in [-0.2, -0.15) is 0 Å². The summed E-state index contributed by atoms with van der Waals surface area (Å²) in [6, 6.07) is 15.7. The van der Waals surface area contributed by atoms with Crippen molar-refractivity contribution in [1.29, 1.82) is 0 Å². The lowest BCUT2D eigenvalue weighted by Gasteiger charge is -2.37. The number of esters is 1. The third-order valence-corrected chi connectivity index (χ3v) is 13.2. The first kappa shape index (κ1) is 46.9. The fourth-order valence-corrected chi connectivity index (χ4v) is 9.73. The Kier molecular flexibility index (Phi) is 14.2. The monoisotopic (exact) mass is 885 g/mol. The number of nitrogens with one attached hydrogen (secondary N) is 2. The summed E-state index contributed by atoms with van der Waals surface area (Å²) in [7, 11) is 5.35. The van der Waals surface area contributed by atoms with Gasteiger partial charge in [-0.15, -0.1) is 0 Å². The van der Waals surface area contributed by atoms with Gasteiger partial charge in [-0.3, -0.25) is 34.0 Å². The molecule has 5 atom stereocenters. The predicted octanol–water partition coefficient (Wildman–Crippen LogP) is 5.62. The van der Waals surface area contributed by atoms with Crippen LogP contribution in [0.5, 0.6) is 0 Å². The van der Waals surface area contributed by atoms with Gasteiger partial charge in [-0.05, 0) is 97.9 Å². The molecule has 0 radical (unpaired) electrons. The van der Waals surface area contributed by atoms with Crippen molar-refractivity contribution >= 4 is 40.5 Å². The van der Waals surface area contributed by atoms with Gasteiger partial charge in [0.05, 0.1) is 30.0 Å². The number of hydrazine groups is 1. The van der Waals surface area contributed by atoms with Crippen LogP contribution in [0.2, 0.25) is 0 Å². The second-order valence-corrected chi connectivity index (χ2v) is 18.9. The molecule has 344 valence electrons. The minimum absolute atomic E-state index is 0.132. The number of likely N-dealkylation sites (N-methyl/N-ethyl adjacent to an activating group) is 1. The molecule has 5 heterocycles. The third-order valence-electron chi connectivity index (χ3n) is 13.2. The number of cyclic esters (lactones) is 1. The molecule has 2 fully saturated rings. The summed E-state index contributed by atoms with van der Waals surface area (Å²) in [5.74, 6) is 2.47. The highest BCUT2D eigenvalue weighted by atomic mass is 16.5. The van der Waals surface area contributed by atoms with E-state index in [-0.39, 0.29) is 43.4 Å². The number of benzene rings is 2. The first-order valence-electron chi connectivity index (χ1n) is 22.7. The van der Waals surface area contributed by atoms with Crippen molar-refractivity contribution in [3.05, 3.63) is 77.6 Å². The van der Waals surface area contributed by atoms with Crippen LogP contribution in [0.4, 0.5) is 0 Å². The number of likely N-dealkylation sites (tertiary alicyclic amines) is 1. The van der Waals surface area contributed by atoms with Gasteiger partial charge in [-0.1, -0.05) is 63.9 Å². The van der Waals surface area contributed by atoms with E-state index in [4.69, 9.17) is 14.5 Å². The number of aromatic nitrogens is 2. The Bertz CT molecular complexity index is 2540. The van der Waals surface area contributed by atoms with E-state index in [1.165, 1.54) is 9.91 Å². The van der Waals surface area contributed by atoms with Gasteiger partial charge in [0.2, 0.25) is 11.8 Å². The quantitative estimate of drug-likeness (QED) is 0.170. The van der Waals surface area contributed by atoms with Gasteiger partial charge < -0.3 is 29.2 Å². The molecule has 6 bridgehead atoms. The standard InChI is InChI=1S/C51H63N7O7/c1-10-14-43(59)57-24-21-36(29-57)48(61)56(8)45(31(2)3)47(60)53-41-26-33-15-11-16-34(25-33)35-19-20-42-38(27-35)39(46(55(42)7)37-17-12-22-52-44(37)32(4)64-9)28-51(5,6)30-65-50(63)40-18-13-23-58(54-40)49(41)62/h11-12,15-17,19-20,22,25,27,31-32,36,40-41,45,54H,13,18,21,23-24,26,28-30H2,1-9H3,(H,53,60)/t32-,36-,40-,41-,45?/m0/s1. The molecular formula is C51H63N7O7. The average Bonchev–Trinajstić information content (AvgIpc) is 3.89. The number of ether oxygens (including phenoxy) is 2. The number of hydrogen-bond donors (Lipinski definition) is 2. The zero-order chi connectivity index (χ0) is 46.7. The number of hydrogen-bond acceptors (Lipinski definition) is 9. The zero-order valence-electron chi connectivity index (χ0n) is 39.2. The number of amides is 4. The van der Waals surface area contributed by atoms with Crippen LogP contribution in [0, 0.1) is 29.1 Å². The SMILES string of the molecule is CC#CC(=O)N1CC[C@H](C(=O)N(C)C(C(=O)N[C@H]2Cc3cccc(c3)-c3ccc4c(c3)c(c(-c3cccnc3[C@H](C)OC)n4C)CC(C)(C)COC(=O)[C@@H]3CCCN(N3)C2=O)C(C)C)C1. The Morgan fingerprint density at radius 3 is 2.54 bits per heavy atom. The number of aryl methyl sites for hydroxylation is 1. The van der Waals surface area contributed by atoms with Gasteiger partial charge in [0.15, 0.2) is 0 Å². The Hall–Kier alpha value is -6.04. The van der Waals surface area contributed by atoms with Crippen molar-refractivity contribution in [2.24, 2.45) is 24.3 Å². The fraction of sp³-hybridized carbons (Fsp3) is 0.490. The molecule has 2 aromatic heterocycles. The van der Waals surface area contributed by atoms with Gasteiger partial charge in [0.25, 0.3) is 11.8 Å². The van der Waals surface area contributed by atoms with Crippen molar-refractivity contribution in [2.45, 2.75) is 97.9 Å². The molecule has 3 aliphatic heterocycles. The molecule has 65 heavy (non-hydrogen) atoms. The number of carbonyl (C=O) groups is 5. The molecule has 14 heteroatoms. The van der Waals surface area contributed by atoms with Gasteiger partial charge in [0, 0.05) is 75.3 Å². The first-order valence-corrected chi connectivity index (χ1v) is 22.7. The van der Waals surface area contributed by atoms with E-state index in [0.29, 0.717) is 38.8 Å². The molecule has 2 saturated heterocycles. The lowest BCUT2D eigenvalue weighted by molar-refractivity contribution is -0.155. The van der Waals surface area contributed by atoms with E-state index in [2.05, 4.69) is 78.4 Å². The first-order chi connectivity index (χ1) is 31.0. The summed E-state index contributed by atoms with van der Waals surface area (Å²) >= 11 is 0. The van der Waals surface area contributed by atoms with Crippen molar-refractivity contribution < 1.29 is 33.4 Å². The summed E-state index contributed by atoms with van der Waals surface area (Å²) in [6.07, 6.45) is 3.73. The maximum Gasteiger partial charge on any atom is 0.324 e. The normalized spacial score (nSPS) is 20.9. The second-order valence-electron chi connectivity index (χ2n) is 18.9. The topological polar surface area (TPSA) is 155 Å². The van der Waals surface area contributed by atoms with Crippen LogP contribution in [0.3, 0.4) is 0 Å².